The molecule has 0 bridgehead atoms. The first kappa shape index (κ1) is 26.8. The van der Waals surface area contributed by atoms with Crippen molar-refractivity contribution < 1.29 is 9.90 Å². The van der Waals surface area contributed by atoms with Gasteiger partial charge in [-0.2, -0.15) is 5.10 Å². The molecule has 40 heavy (non-hydrogen) atoms. The van der Waals surface area contributed by atoms with Gasteiger partial charge < -0.3 is 20.3 Å². The largest absolute Gasteiger partial charge is 0.504 e. The Bertz CT molecular complexity index is 1710. The van der Waals surface area contributed by atoms with Gasteiger partial charge in [-0.15, -0.1) is 0 Å². The molecule has 0 aliphatic rings. The van der Waals surface area contributed by atoms with Crippen molar-refractivity contribution in [1.29, 1.82) is 0 Å². The molecule has 5 aromatic rings. The highest BCUT2D eigenvalue weighted by molar-refractivity contribution is 7.99. The summed E-state index contributed by atoms with van der Waals surface area (Å²) in [6.45, 7) is 2.54. The van der Waals surface area contributed by atoms with Crippen molar-refractivity contribution >= 4 is 29.0 Å². The lowest BCUT2D eigenvalue weighted by Crippen LogP contribution is -2.21. The van der Waals surface area contributed by atoms with Crippen LogP contribution in [0.5, 0.6) is 5.75 Å². The molecule has 3 N–H and O–H groups in total. The monoisotopic (exact) mass is 551 g/mol. The average Bonchev–Trinajstić information content (AvgIpc) is 3.43. The SMILES string of the molecule is CCN(c1ccccc1)c1c(-c2ccn(C)n2)[nH]c(=O)c(Sc2ccc(-c3ccccc3C(=O)NC)cc2)c1O. The van der Waals surface area contributed by atoms with Gasteiger partial charge in [0.05, 0.1) is 5.69 Å². The van der Waals surface area contributed by atoms with Crippen molar-refractivity contribution in [3.8, 4) is 28.3 Å². The van der Waals surface area contributed by atoms with Gasteiger partial charge in [-0.05, 0) is 54.4 Å². The van der Waals surface area contributed by atoms with E-state index in [9.17, 15) is 14.7 Å². The van der Waals surface area contributed by atoms with Crippen LogP contribution in [0, 0.1) is 0 Å². The number of aromatic nitrogens is 3. The molecule has 1 amide bonds. The fourth-order valence-electron chi connectivity index (χ4n) is 4.62. The molecule has 2 heterocycles. The second kappa shape index (κ2) is 11.5. The lowest BCUT2D eigenvalue weighted by Gasteiger charge is -2.27. The van der Waals surface area contributed by atoms with Crippen molar-refractivity contribution in [2.45, 2.75) is 16.7 Å². The van der Waals surface area contributed by atoms with Crippen LogP contribution in [-0.2, 0) is 7.05 Å². The number of rotatable bonds is 8. The van der Waals surface area contributed by atoms with Crippen LogP contribution in [0.3, 0.4) is 0 Å². The van der Waals surface area contributed by atoms with Crippen LogP contribution in [0.1, 0.15) is 17.3 Å². The van der Waals surface area contributed by atoms with Crippen LogP contribution >= 0.6 is 11.8 Å². The number of pyridine rings is 1. The molecule has 0 spiro atoms. The second-order valence-electron chi connectivity index (χ2n) is 9.06. The number of carbonyl (C=O) groups is 1. The first-order valence-corrected chi connectivity index (χ1v) is 13.6. The number of anilines is 2. The number of aromatic hydroxyl groups is 1. The van der Waals surface area contributed by atoms with E-state index in [-0.39, 0.29) is 16.6 Å². The molecule has 2 aromatic heterocycles. The van der Waals surface area contributed by atoms with Crippen molar-refractivity contribution in [3.05, 3.63) is 107 Å². The third-order valence-electron chi connectivity index (χ3n) is 6.53. The standard InChI is InChI=1S/C31H29N5O3S/c1-4-36(21-10-6-5-7-11-21)27-26(25-18-19-35(3)34-25)33-31(39)29(28(27)37)40-22-16-14-20(15-17-22)23-12-8-9-13-24(23)30(38)32-2/h5-19H,4H2,1-3H3,(H,32,38)(H2,33,37,39). The number of para-hydroxylation sites is 1. The molecule has 3 aromatic carbocycles. The Hall–Kier alpha value is -4.76. The number of carbonyl (C=O) groups excluding carboxylic acids is 1. The van der Waals surface area contributed by atoms with Crippen LogP contribution in [0.15, 0.2) is 106 Å². The summed E-state index contributed by atoms with van der Waals surface area (Å²) in [4.78, 5) is 31.6. The molecule has 0 saturated carbocycles. The summed E-state index contributed by atoms with van der Waals surface area (Å²) in [5, 5.41) is 18.8. The maximum atomic E-state index is 13.4. The zero-order chi connectivity index (χ0) is 28.2. The van der Waals surface area contributed by atoms with E-state index in [0.717, 1.165) is 21.7 Å². The van der Waals surface area contributed by atoms with Gasteiger partial charge in [0, 0.05) is 43.0 Å². The number of aryl methyl sites for hydroxylation is 1. The van der Waals surface area contributed by atoms with Crippen LogP contribution in [0.25, 0.3) is 22.5 Å². The Morgan fingerprint density at radius 3 is 2.38 bits per heavy atom. The summed E-state index contributed by atoms with van der Waals surface area (Å²) in [6, 6.07) is 26.5. The molecular weight excluding hydrogens is 522 g/mol. The minimum Gasteiger partial charge on any atom is -0.504 e. The van der Waals surface area contributed by atoms with Gasteiger partial charge in [-0.25, -0.2) is 0 Å². The number of aromatic amines is 1. The Kier molecular flexibility index (Phi) is 7.75. The molecule has 0 atom stereocenters. The normalized spacial score (nSPS) is 10.9. The minimum atomic E-state index is -0.412. The Morgan fingerprint density at radius 1 is 1.02 bits per heavy atom. The quantitative estimate of drug-likeness (QED) is 0.225. The van der Waals surface area contributed by atoms with E-state index < -0.39 is 5.56 Å². The Labute approximate surface area is 236 Å². The topological polar surface area (TPSA) is 103 Å². The summed E-state index contributed by atoms with van der Waals surface area (Å²) in [5.74, 6) is -0.279. The van der Waals surface area contributed by atoms with E-state index in [0.29, 0.717) is 29.2 Å². The van der Waals surface area contributed by atoms with E-state index in [4.69, 9.17) is 0 Å². The number of benzene rings is 3. The summed E-state index contributed by atoms with van der Waals surface area (Å²) in [6.07, 6.45) is 1.79. The van der Waals surface area contributed by atoms with E-state index in [1.807, 2.05) is 84.6 Å². The van der Waals surface area contributed by atoms with E-state index in [2.05, 4.69) is 15.4 Å². The van der Waals surface area contributed by atoms with E-state index in [1.165, 1.54) is 11.8 Å². The summed E-state index contributed by atoms with van der Waals surface area (Å²) in [5.41, 5.74) is 4.19. The Balaban J connectivity index is 1.57. The van der Waals surface area contributed by atoms with Crippen molar-refractivity contribution in [1.82, 2.24) is 20.1 Å². The summed E-state index contributed by atoms with van der Waals surface area (Å²) >= 11 is 1.18. The fourth-order valence-corrected chi connectivity index (χ4v) is 5.46. The predicted octanol–water partition coefficient (Wildman–Crippen LogP) is 5.82. The molecule has 0 fully saturated rings. The molecule has 0 aliphatic carbocycles. The lowest BCUT2D eigenvalue weighted by molar-refractivity contribution is 0.0963. The zero-order valence-corrected chi connectivity index (χ0v) is 23.2. The van der Waals surface area contributed by atoms with Crippen molar-refractivity contribution in [3.63, 3.8) is 0 Å². The summed E-state index contributed by atoms with van der Waals surface area (Å²) < 4.78 is 1.65. The number of hydrogen-bond donors (Lipinski definition) is 3. The number of nitrogens with one attached hydrogen (secondary N) is 2. The lowest BCUT2D eigenvalue weighted by atomic mass is 9.99. The third-order valence-corrected chi connectivity index (χ3v) is 7.62. The number of H-pyrrole nitrogens is 1. The first-order valence-electron chi connectivity index (χ1n) is 12.8. The number of amides is 1. The third kappa shape index (κ3) is 5.23. The van der Waals surface area contributed by atoms with Crippen LogP contribution in [0.4, 0.5) is 11.4 Å². The fraction of sp³-hybridized carbons (Fsp3) is 0.129. The van der Waals surface area contributed by atoms with Crippen LogP contribution in [-0.4, -0.2) is 39.4 Å². The van der Waals surface area contributed by atoms with Crippen LogP contribution in [0.2, 0.25) is 0 Å². The molecule has 0 radical (unpaired) electrons. The van der Waals surface area contributed by atoms with Gasteiger partial charge in [0.1, 0.15) is 16.3 Å². The van der Waals surface area contributed by atoms with Gasteiger partial charge >= 0.3 is 0 Å². The van der Waals surface area contributed by atoms with E-state index >= 15 is 0 Å². The molecule has 0 unspecified atom stereocenters. The number of nitrogens with zero attached hydrogens (tertiary/aromatic N) is 3. The van der Waals surface area contributed by atoms with E-state index in [1.54, 1.807) is 37.1 Å². The van der Waals surface area contributed by atoms with Gasteiger partial charge in [-0.3, -0.25) is 14.3 Å². The molecule has 0 aliphatic heterocycles. The molecule has 5 rings (SSSR count). The molecular formula is C31H29N5O3S. The molecule has 202 valence electrons. The highest BCUT2D eigenvalue weighted by Crippen LogP contribution is 2.44. The molecule has 9 heteroatoms. The molecule has 0 saturated heterocycles. The zero-order valence-electron chi connectivity index (χ0n) is 22.4. The van der Waals surface area contributed by atoms with Crippen molar-refractivity contribution in [2.24, 2.45) is 7.05 Å². The highest BCUT2D eigenvalue weighted by atomic mass is 32.2. The Morgan fingerprint density at radius 2 is 1.73 bits per heavy atom. The highest BCUT2D eigenvalue weighted by Gasteiger charge is 2.25. The second-order valence-corrected chi connectivity index (χ2v) is 10.1. The van der Waals surface area contributed by atoms with Gasteiger partial charge in [0.15, 0.2) is 5.75 Å². The maximum absolute atomic E-state index is 13.4. The first-order chi connectivity index (χ1) is 19.4. The number of hydrogen-bond acceptors (Lipinski definition) is 6. The van der Waals surface area contributed by atoms with Crippen LogP contribution < -0.4 is 15.8 Å². The van der Waals surface area contributed by atoms with Gasteiger partial charge in [-0.1, -0.05) is 60.3 Å². The van der Waals surface area contributed by atoms with Gasteiger partial charge in [0.2, 0.25) is 0 Å². The van der Waals surface area contributed by atoms with Crippen molar-refractivity contribution in [2.75, 3.05) is 18.5 Å². The molecule has 8 nitrogen and oxygen atoms in total. The minimum absolute atomic E-state index is 0.117. The average molecular weight is 552 g/mol. The predicted molar refractivity (Wildman–Crippen MR) is 159 cm³/mol. The summed E-state index contributed by atoms with van der Waals surface area (Å²) in [7, 11) is 3.41. The van der Waals surface area contributed by atoms with Gasteiger partial charge in [0.25, 0.3) is 11.5 Å². The smallest absolute Gasteiger partial charge is 0.266 e. The maximum Gasteiger partial charge on any atom is 0.266 e.